The van der Waals surface area contributed by atoms with Crippen LogP contribution in [0, 0.1) is 0 Å². The van der Waals surface area contributed by atoms with Crippen LogP contribution >= 0.6 is 47.1 Å². The first-order chi connectivity index (χ1) is 8.90. The van der Waals surface area contributed by atoms with Gasteiger partial charge >= 0.3 is 12.2 Å². The summed E-state index contributed by atoms with van der Waals surface area (Å²) in [5.41, 5.74) is 0. The molecule has 7 nitrogen and oxygen atoms in total. The molecular formula is C8H6Cl4N2O5. The number of ether oxygens (including phenoxy) is 2. The lowest BCUT2D eigenvalue weighted by Gasteiger charge is -2.05. The van der Waals surface area contributed by atoms with Crippen LogP contribution in [0.3, 0.4) is 0 Å². The lowest BCUT2D eigenvalue weighted by Crippen LogP contribution is -2.13. The summed E-state index contributed by atoms with van der Waals surface area (Å²) in [5.74, 6) is 0.617. The molecule has 0 aliphatic carbocycles. The van der Waals surface area contributed by atoms with Crippen molar-refractivity contribution in [2.45, 2.75) is 13.2 Å². The maximum atomic E-state index is 10.9. The molecule has 0 saturated carbocycles. The molecule has 1 aromatic heterocycles. The van der Waals surface area contributed by atoms with Gasteiger partial charge in [-0.1, -0.05) is 0 Å². The van der Waals surface area contributed by atoms with Crippen molar-refractivity contribution in [1.82, 2.24) is 7.88 Å². The van der Waals surface area contributed by atoms with E-state index in [4.69, 9.17) is 51.5 Å². The Morgan fingerprint density at radius 3 is 1.63 bits per heavy atom. The van der Waals surface area contributed by atoms with Gasteiger partial charge in [-0.05, 0) is 12.1 Å². The highest BCUT2D eigenvalue weighted by Gasteiger charge is 2.13. The molecular weight excluding hydrogens is 346 g/mol. The number of carbonyl (C=O) groups is 2. The number of nitrogens with zero attached hydrogens (tertiary/aromatic N) is 2. The van der Waals surface area contributed by atoms with Crippen LogP contribution < -0.4 is 0 Å². The molecule has 0 unspecified atom stereocenters. The predicted octanol–water partition coefficient (Wildman–Crippen LogP) is 3.77. The van der Waals surface area contributed by atoms with Crippen LogP contribution in [0.2, 0.25) is 0 Å². The largest absolute Gasteiger partial charge is 0.459 e. The molecule has 1 heterocycles. The summed E-state index contributed by atoms with van der Waals surface area (Å²) in [5, 5.41) is 0. The number of rotatable bonds is 4. The Hall–Kier alpha value is -1.02. The summed E-state index contributed by atoms with van der Waals surface area (Å²) in [7, 11) is 0. The summed E-state index contributed by atoms with van der Waals surface area (Å²) in [6, 6.07) is 3.03. The number of furan rings is 1. The maximum absolute atomic E-state index is 10.9. The van der Waals surface area contributed by atoms with Gasteiger partial charge in [0, 0.05) is 47.1 Å². The Morgan fingerprint density at radius 1 is 0.947 bits per heavy atom. The van der Waals surface area contributed by atoms with Gasteiger partial charge in [-0.15, -0.1) is 7.88 Å². The Kier molecular flexibility index (Phi) is 6.36. The van der Waals surface area contributed by atoms with E-state index in [2.05, 4.69) is 9.47 Å². The van der Waals surface area contributed by atoms with E-state index < -0.39 is 12.2 Å². The van der Waals surface area contributed by atoms with Crippen molar-refractivity contribution in [3.05, 3.63) is 23.7 Å². The van der Waals surface area contributed by atoms with E-state index >= 15 is 0 Å². The topological polar surface area (TPSA) is 72.2 Å². The van der Waals surface area contributed by atoms with E-state index in [0.717, 1.165) is 0 Å². The van der Waals surface area contributed by atoms with Gasteiger partial charge in [-0.3, -0.25) is 0 Å². The number of carbonyl (C=O) groups excluding carboxylic acids is 2. The van der Waals surface area contributed by atoms with Gasteiger partial charge < -0.3 is 13.9 Å². The molecule has 0 aliphatic heterocycles. The van der Waals surface area contributed by atoms with Crippen LogP contribution in [0.4, 0.5) is 9.59 Å². The third-order valence-electron chi connectivity index (χ3n) is 1.67. The average molecular weight is 352 g/mol. The highest BCUT2D eigenvalue weighted by molar-refractivity contribution is 6.41. The van der Waals surface area contributed by atoms with Gasteiger partial charge in [0.15, 0.2) is 13.2 Å². The molecule has 106 valence electrons. The van der Waals surface area contributed by atoms with Crippen molar-refractivity contribution in [2.75, 3.05) is 0 Å². The fourth-order valence-electron chi connectivity index (χ4n) is 0.941. The summed E-state index contributed by atoms with van der Waals surface area (Å²) < 4.78 is 14.9. The second kappa shape index (κ2) is 7.54. The van der Waals surface area contributed by atoms with Crippen LogP contribution in [-0.2, 0) is 22.7 Å². The van der Waals surface area contributed by atoms with Crippen molar-refractivity contribution in [3.63, 3.8) is 0 Å². The Balaban J connectivity index is 2.40. The molecule has 0 spiro atoms. The zero-order valence-corrected chi connectivity index (χ0v) is 12.0. The number of hydrogen-bond acceptors (Lipinski definition) is 5. The van der Waals surface area contributed by atoms with Crippen molar-refractivity contribution in [1.29, 1.82) is 0 Å². The van der Waals surface area contributed by atoms with E-state index in [9.17, 15) is 9.59 Å². The molecule has 0 aromatic carbocycles. The van der Waals surface area contributed by atoms with Crippen molar-refractivity contribution in [3.8, 4) is 0 Å². The standard InChI is InChI=1S/C8H6Cl4N2O5/c9-13(10)7(15)17-3-5-1-2-6(19-5)4-18-8(16)14(11)12/h1-2H,3-4H2. The lowest BCUT2D eigenvalue weighted by molar-refractivity contribution is 0.115. The SMILES string of the molecule is O=C(OCc1ccc(COC(=O)N(Cl)Cl)o1)N(Cl)Cl. The van der Waals surface area contributed by atoms with Crippen LogP contribution in [0.25, 0.3) is 0 Å². The molecule has 0 bridgehead atoms. The van der Waals surface area contributed by atoms with Crippen molar-refractivity contribution < 1.29 is 23.5 Å². The first-order valence-corrected chi connectivity index (χ1v) is 5.90. The smallest absolute Gasteiger partial charge is 0.440 e. The van der Waals surface area contributed by atoms with Gasteiger partial charge in [0.25, 0.3) is 0 Å². The van der Waals surface area contributed by atoms with E-state index in [1.54, 1.807) is 0 Å². The highest BCUT2D eigenvalue weighted by Crippen LogP contribution is 2.13. The highest BCUT2D eigenvalue weighted by atomic mass is 35.5. The van der Waals surface area contributed by atoms with Crippen LogP contribution in [-0.4, -0.2) is 20.1 Å². The van der Waals surface area contributed by atoms with Gasteiger partial charge in [0.2, 0.25) is 0 Å². The third-order valence-corrected chi connectivity index (χ3v) is 2.22. The molecule has 2 amide bonds. The quantitative estimate of drug-likeness (QED) is 0.772. The molecule has 0 N–H and O–H groups in total. The average Bonchev–Trinajstić information content (AvgIpc) is 2.80. The molecule has 1 aromatic rings. The van der Waals surface area contributed by atoms with Gasteiger partial charge in [0.05, 0.1) is 0 Å². The van der Waals surface area contributed by atoms with E-state index in [-0.39, 0.29) is 21.1 Å². The van der Waals surface area contributed by atoms with E-state index in [0.29, 0.717) is 11.5 Å². The van der Waals surface area contributed by atoms with Crippen LogP contribution in [0.5, 0.6) is 0 Å². The molecule has 0 atom stereocenters. The first kappa shape index (κ1) is 16.0. The fraction of sp³-hybridized carbons (Fsp3) is 0.250. The fourth-order valence-corrected chi connectivity index (χ4v) is 1.14. The van der Waals surface area contributed by atoms with Crippen molar-refractivity contribution in [2.24, 2.45) is 0 Å². The maximum Gasteiger partial charge on any atom is 0.440 e. The predicted molar refractivity (Wildman–Crippen MR) is 66.2 cm³/mol. The van der Waals surface area contributed by atoms with E-state index in [1.807, 2.05) is 0 Å². The minimum Gasteiger partial charge on any atom is -0.459 e. The summed E-state index contributed by atoms with van der Waals surface area (Å²) in [4.78, 5) is 21.8. The normalized spacial score (nSPS) is 9.89. The van der Waals surface area contributed by atoms with Crippen LogP contribution in [0.1, 0.15) is 11.5 Å². The Labute approximate surface area is 127 Å². The summed E-state index contributed by atoms with van der Waals surface area (Å²) in [6.45, 7) is -0.361. The molecule has 1 rings (SSSR count). The minimum absolute atomic E-state index is 0.181. The lowest BCUT2D eigenvalue weighted by atomic mass is 10.4. The van der Waals surface area contributed by atoms with Gasteiger partial charge in [-0.2, -0.15) is 0 Å². The Morgan fingerprint density at radius 2 is 1.32 bits per heavy atom. The molecule has 11 heteroatoms. The second-order valence-corrected chi connectivity index (χ2v) is 4.64. The number of halogens is 4. The molecule has 0 fully saturated rings. The number of amides is 2. The third kappa shape index (κ3) is 5.65. The zero-order chi connectivity index (χ0) is 14.4. The second-order valence-electron chi connectivity index (χ2n) is 2.94. The first-order valence-electron chi connectivity index (χ1n) is 4.54. The summed E-state index contributed by atoms with van der Waals surface area (Å²) in [6.07, 6.45) is -1.90. The van der Waals surface area contributed by atoms with Gasteiger partial charge in [0.1, 0.15) is 11.5 Å². The van der Waals surface area contributed by atoms with Crippen molar-refractivity contribution >= 4 is 59.3 Å². The van der Waals surface area contributed by atoms with Crippen LogP contribution in [0.15, 0.2) is 16.5 Å². The molecule has 0 radical (unpaired) electrons. The Bertz CT molecular complexity index is 412. The minimum atomic E-state index is -0.951. The number of hydrogen-bond donors (Lipinski definition) is 0. The summed E-state index contributed by atoms with van der Waals surface area (Å²) >= 11 is 20.5. The molecule has 0 aliphatic rings. The molecule has 0 saturated heterocycles. The van der Waals surface area contributed by atoms with Gasteiger partial charge in [-0.25, -0.2) is 9.59 Å². The van der Waals surface area contributed by atoms with E-state index in [1.165, 1.54) is 12.1 Å². The molecule has 19 heavy (non-hydrogen) atoms. The zero-order valence-electron chi connectivity index (χ0n) is 9.02. The monoisotopic (exact) mass is 350 g/mol.